The first kappa shape index (κ1) is 8.01. The van der Waals surface area contributed by atoms with E-state index in [0.717, 1.165) is 11.1 Å². The topological polar surface area (TPSA) is 46.3 Å². The van der Waals surface area contributed by atoms with Crippen LogP contribution in [-0.4, -0.2) is 10.1 Å². The van der Waals surface area contributed by atoms with Gasteiger partial charge in [-0.25, -0.2) is 4.98 Å². The Morgan fingerprint density at radius 1 is 1.23 bits per heavy atom. The first-order valence-corrected chi connectivity index (χ1v) is 4.00. The van der Waals surface area contributed by atoms with Crippen molar-refractivity contribution in [3.8, 4) is 11.5 Å². The number of nitrogens with zero attached hydrogens (tertiary/aromatic N) is 1. The SMILES string of the molecule is OCc1ccc(-c2ncco2)cc1. The van der Waals surface area contributed by atoms with Gasteiger partial charge in [-0.15, -0.1) is 0 Å². The lowest BCUT2D eigenvalue weighted by molar-refractivity contribution is 0.282. The van der Waals surface area contributed by atoms with Crippen LogP contribution < -0.4 is 0 Å². The Labute approximate surface area is 75.7 Å². The van der Waals surface area contributed by atoms with Gasteiger partial charge in [0.25, 0.3) is 0 Å². The number of aliphatic hydroxyl groups is 1. The molecule has 3 heteroatoms. The predicted octanol–water partition coefficient (Wildman–Crippen LogP) is 1.83. The molecule has 0 fully saturated rings. The molecule has 2 aromatic rings. The molecule has 3 nitrogen and oxygen atoms in total. The molecule has 0 spiro atoms. The fourth-order valence-electron chi connectivity index (χ4n) is 1.12. The van der Waals surface area contributed by atoms with Gasteiger partial charge in [0.05, 0.1) is 12.8 Å². The zero-order valence-electron chi connectivity index (χ0n) is 6.97. The minimum atomic E-state index is 0.0614. The zero-order chi connectivity index (χ0) is 9.10. The summed E-state index contributed by atoms with van der Waals surface area (Å²) in [6.07, 6.45) is 3.14. The van der Waals surface area contributed by atoms with Crippen LogP contribution in [0.1, 0.15) is 5.56 Å². The van der Waals surface area contributed by atoms with Crippen molar-refractivity contribution in [2.75, 3.05) is 0 Å². The predicted molar refractivity (Wildman–Crippen MR) is 47.9 cm³/mol. The van der Waals surface area contributed by atoms with E-state index in [9.17, 15) is 0 Å². The van der Waals surface area contributed by atoms with Gasteiger partial charge in [-0.2, -0.15) is 0 Å². The van der Waals surface area contributed by atoms with Crippen molar-refractivity contribution in [2.24, 2.45) is 0 Å². The van der Waals surface area contributed by atoms with Crippen LogP contribution in [0.5, 0.6) is 0 Å². The van der Waals surface area contributed by atoms with Crippen molar-refractivity contribution >= 4 is 0 Å². The lowest BCUT2D eigenvalue weighted by Crippen LogP contribution is -1.82. The molecule has 13 heavy (non-hydrogen) atoms. The van der Waals surface area contributed by atoms with Crippen molar-refractivity contribution in [3.05, 3.63) is 42.3 Å². The summed E-state index contributed by atoms with van der Waals surface area (Å²) in [6.45, 7) is 0.0614. The fourth-order valence-corrected chi connectivity index (χ4v) is 1.12. The third-order valence-electron chi connectivity index (χ3n) is 1.82. The van der Waals surface area contributed by atoms with Gasteiger partial charge < -0.3 is 9.52 Å². The minimum Gasteiger partial charge on any atom is -0.445 e. The van der Waals surface area contributed by atoms with Crippen molar-refractivity contribution in [1.82, 2.24) is 4.98 Å². The van der Waals surface area contributed by atoms with E-state index in [1.807, 2.05) is 24.3 Å². The Morgan fingerprint density at radius 3 is 2.54 bits per heavy atom. The largest absolute Gasteiger partial charge is 0.445 e. The maximum Gasteiger partial charge on any atom is 0.225 e. The molecule has 0 atom stereocenters. The van der Waals surface area contributed by atoms with E-state index < -0.39 is 0 Å². The summed E-state index contributed by atoms with van der Waals surface area (Å²) in [5, 5.41) is 8.82. The molecule has 1 aromatic carbocycles. The van der Waals surface area contributed by atoms with E-state index in [2.05, 4.69) is 4.98 Å². The van der Waals surface area contributed by atoms with Gasteiger partial charge >= 0.3 is 0 Å². The third-order valence-corrected chi connectivity index (χ3v) is 1.82. The van der Waals surface area contributed by atoms with Gasteiger partial charge in [-0.1, -0.05) is 12.1 Å². The average Bonchev–Trinajstić information content (AvgIpc) is 2.71. The summed E-state index contributed by atoms with van der Waals surface area (Å²) in [7, 11) is 0. The molecule has 0 unspecified atom stereocenters. The lowest BCUT2D eigenvalue weighted by Gasteiger charge is -1.97. The monoisotopic (exact) mass is 175 g/mol. The third kappa shape index (κ3) is 1.60. The molecule has 0 aliphatic carbocycles. The van der Waals surface area contributed by atoms with E-state index >= 15 is 0 Å². The number of oxazole rings is 1. The molecule has 0 saturated carbocycles. The molecule has 2 rings (SSSR count). The molecule has 1 N–H and O–H groups in total. The number of aromatic nitrogens is 1. The van der Waals surface area contributed by atoms with E-state index in [0.29, 0.717) is 5.89 Å². The highest BCUT2D eigenvalue weighted by Crippen LogP contribution is 2.17. The second-order valence-corrected chi connectivity index (χ2v) is 2.69. The van der Waals surface area contributed by atoms with Crippen LogP contribution in [0.2, 0.25) is 0 Å². The average molecular weight is 175 g/mol. The van der Waals surface area contributed by atoms with Crippen LogP contribution in [-0.2, 0) is 6.61 Å². The maximum absolute atomic E-state index is 8.82. The highest BCUT2D eigenvalue weighted by atomic mass is 16.3. The van der Waals surface area contributed by atoms with Crippen LogP contribution in [0.4, 0.5) is 0 Å². The standard InChI is InChI=1S/C10H9NO2/c12-7-8-1-3-9(4-2-8)10-11-5-6-13-10/h1-6,12H,7H2. The zero-order valence-corrected chi connectivity index (χ0v) is 6.97. The van der Waals surface area contributed by atoms with E-state index in [4.69, 9.17) is 9.52 Å². The molecule has 0 amide bonds. The Balaban J connectivity index is 2.33. The Kier molecular flexibility index (Phi) is 2.10. The van der Waals surface area contributed by atoms with Gasteiger partial charge in [0.2, 0.25) is 5.89 Å². The molecule has 0 saturated heterocycles. The van der Waals surface area contributed by atoms with Gasteiger partial charge in [-0.3, -0.25) is 0 Å². The molecule has 0 radical (unpaired) electrons. The fraction of sp³-hybridized carbons (Fsp3) is 0.100. The number of hydrogen-bond acceptors (Lipinski definition) is 3. The molecule has 1 heterocycles. The number of rotatable bonds is 2. The molecule has 66 valence electrons. The molecule has 0 bridgehead atoms. The maximum atomic E-state index is 8.82. The Morgan fingerprint density at radius 2 is 2.00 bits per heavy atom. The highest BCUT2D eigenvalue weighted by Gasteiger charge is 2.00. The summed E-state index contributed by atoms with van der Waals surface area (Å²) in [6, 6.07) is 7.44. The van der Waals surface area contributed by atoms with Crippen molar-refractivity contribution in [3.63, 3.8) is 0 Å². The minimum absolute atomic E-state index is 0.0614. The van der Waals surface area contributed by atoms with Crippen LogP contribution in [0.25, 0.3) is 11.5 Å². The molecule has 0 aliphatic heterocycles. The Hall–Kier alpha value is -1.61. The lowest BCUT2D eigenvalue weighted by atomic mass is 10.1. The number of aliphatic hydroxyl groups excluding tert-OH is 1. The highest BCUT2D eigenvalue weighted by molar-refractivity contribution is 5.53. The van der Waals surface area contributed by atoms with Crippen molar-refractivity contribution in [1.29, 1.82) is 0 Å². The van der Waals surface area contributed by atoms with Crippen molar-refractivity contribution in [2.45, 2.75) is 6.61 Å². The molecular formula is C10H9NO2. The van der Waals surface area contributed by atoms with E-state index in [1.165, 1.54) is 6.26 Å². The molecule has 0 aliphatic rings. The first-order chi connectivity index (χ1) is 6.40. The number of hydrogen-bond donors (Lipinski definition) is 1. The van der Waals surface area contributed by atoms with Crippen LogP contribution in [0, 0.1) is 0 Å². The summed E-state index contributed by atoms with van der Waals surface area (Å²) in [5.41, 5.74) is 1.80. The summed E-state index contributed by atoms with van der Waals surface area (Å²) >= 11 is 0. The Bertz CT molecular complexity index is 364. The second-order valence-electron chi connectivity index (χ2n) is 2.69. The van der Waals surface area contributed by atoms with E-state index in [-0.39, 0.29) is 6.61 Å². The quantitative estimate of drug-likeness (QED) is 0.757. The molecule has 1 aromatic heterocycles. The summed E-state index contributed by atoms with van der Waals surface area (Å²) in [5.74, 6) is 0.601. The smallest absolute Gasteiger partial charge is 0.225 e. The number of benzene rings is 1. The normalized spacial score (nSPS) is 10.2. The van der Waals surface area contributed by atoms with Crippen LogP contribution >= 0.6 is 0 Å². The summed E-state index contributed by atoms with van der Waals surface area (Å²) < 4.78 is 5.12. The molecular weight excluding hydrogens is 166 g/mol. The van der Waals surface area contributed by atoms with Crippen LogP contribution in [0.3, 0.4) is 0 Å². The van der Waals surface area contributed by atoms with Gasteiger partial charge in [0.15, 0.2) is 0 Å². The van der Waals surface area contributed by atoms with Gasteiger partial charge in [-0.05, 0) is 17.7 Å². The van der Waals surface area contributed by atoms with E-state index in [1.54, 1.807) is 6.20 Å². The first-order valence-electron chi connectivity index (χ1n) is 4.00. The van der Waals surface area contributed by atoms with Gasteiger partial charge in [0, 0.05) is 5.56 Å². The van der Waals surface area contributed by atoms with Crippen molar-refractivity contribution < 1.29 is 9.52 Å². The second kappa shape index (κ2) is 3.41. The van der Waals surface area contributed by atoms with Gasteiger partial charge in [0.1, 0.15) is 6.26 Å². The summed E-state index contributed by atoms with van der Waals surface area (Å²) in [4.78, 5) is 4.01. The van der Waals surface area contributed by atoms with Crippen LogP contribution in [0.15, 0.2) is 41.1 Å².